The Labute approximate surface area is 119 Å². The van der Waals surface area contributed by atoms with E-state index < -0.39 is 34.8 Å². The molecule has 0 bridgehead atoms. The van der Waals surface area contributed by atoms with Crippen LogP contribution in [-0.2, 0) is 19.1 Å². The number of hydrogen-bond donors (Lipinski definition) is 2. The molecule has 3 N–H and O–H groups in total. The Morgan fingerprint density at radius 1 is 1.20 bits per heavy atom. The summed E-state index contributed by atoms with van der Waals surface area (Å²) in [7, 11) is 0. The summed E-state index contributed by atoms with van der Waals surface area (Å²) in [6.45, 7) is 10.5. The van der Waals surface area contributed by atoms with Crippen molar-refractivity contribution in [3.8, 4) is 0 Å². The number of rotatable bonds is 4. The highest BCUT2D eigenvalue weighted by Gasteiger charge is 2.66. The zero-order chi connectivity index (χ0) is 15.9. The molecular weight excluding hydrogens is 260 g/mol. The molecule has 0 aromatic heterocycles. The molecule has 0 radical (unpaired) electrons. The van der Waals surface area contributed by atoms with Gasteiger partial charge in [0.15, 0.2) is 0 Å². The van der Waals surface area contributed by atoms with Crippen LogP contribution >= 0.6 is 0 Å². The van der Waals surface area contributed by atoms with E-state index in [4.69, 9.17) is 10.5 Å². The van der Waals surface area contributed by atoms with Gasteiger partial charge in [0.1, 0.15) is 11.6 Å². The van der Waals surface area contributed by atoms with Gasteiger partial charge in [-0.15, -0.1) is 0 Å². The van der Waals surface area contributed by atoms with Crippen molar-refractivity contribution in [1.29, 1.82) is 0 Å². The van der Waals surface area contributed by atoms with Crippen molar-refractivity contribution < 1.29 is 19.1 Å². The van der Waals surface area contributed by atoms with Crippen LogP contribution in [0.4, 0.5) is 0 Å². The van der Waals surface area contributed by atoms with Crippen LogP contribution in [-0.4, -0.2) is 29.4 Å². The van der Waals surface area contributed by atoms with Gasteiger partial charge in [-0.05, 0) is 33.1 Å². The average Bonchev–Trinajstić information content (AvgIpc) is 2.78. The predicted molar refractivity (Wildman–Crippen MR) is 73.4 cm³/mol. The van der Waals surface area contributed by atoms with Crippen LogP contribution in [0.25, 0.3) is 0 Å². The van der Waals surface area contributed by atoms with Gasteiger partial charge in [0.2, 0.25) is 11.8 Å². The topological polar surface area (TPSA) is 98.5 Å². The lowest BCUT2D eigenvalue weighted by Crippen LogP contribution is -2.43. The molecule has 0 saturated heterocycles. The molecule has 0 aromatic carbocycles. The Hall–Kier alpha value is -1.59. The number of carbonyl (C=O) groups is 3. The molecule has 2 amide bonds. The van der Waals surface area contributed by atoms with E-state index in [-0.39, 0.29) is 11.9 Å². The minimum absolute atomic E-state index is 0.336. The Morgan fingerprint density at radius 3 is 2.10 bits per heavy atom. The third kappa shape index (κ3) is 3.49. The lowest BCUT2D eigenvalue weighted by Gasteiger charge is -2.20. The lowest BCUT2D eigenvalue weighted by atomic mass is 10.1. The van der Waals surface area contributed by atoms with Crippen LogP contribution in [0, 0.1) is 17.3 Å². The van der Waals surface area contributed by atoms with E-state index in [9.17, 15) is 14.4 Å². The number of nitrogens with one attached hydrogen (secondary N) is 1. The smallest absolute Gasteiger partial charge is 0.310 e. The first-order chi connectivity index (χ1) is 8.88. The van der Waals surface area contributed by atoms with Crippen molar-refractivity contribution in [2.75, 3.05) is 0 Å². The summed E-state index contributed by atoms with van der Waals surface area (Å²) in [5.41, 5.74) is 4.05. The summed E-state index contributed by atoms with van der Waals surface area (Å²) in [6.07, 6.45) is 0. The largest absolute Gasteiger partial charge is 0.460 e. The Morgan fingerprint density at radius 2 is 1.70 bits per heavy atom. The van der Waals surface area contributed by atoms with E-state index in [1.165, 1.54) is 6.92 Å². The first-order valence-electron chi connectivity index (χ1n) is 6.70. The highest BCUT2D eigenvalue weighted by molar-refractivity contribution is 5.94. The summed E-state index contributed by atoms with van der Waals surface area (Å²) in [6, 6.07) is -0.752. The van der Waals surface area contributed by atoms with Crippen LogP contribution in [0.5, 0.6) is 0 Å². The second kappa shape index (κ2) is 5.07. The molecule has 1 rings (SSSR count). The Balaban J connectivity index is 2.71. The second-order valence-electron chi connectivity index (χ2n) is 6.94. The van der Waals surface area contributed by atoms with Gasteiger partial charge in [-0.1, -0.05) is 13.8 Å². The first-order valence-corrected chi connectivity index (χ1v) is 6.70. The first kappa shape index (κ1) is 16.5. The van der Waals surface area contributed by atoms with Crippen LogP contribution in [0.1, 0.15) is 41.5 Å². The van der Waals surface area contributed by atoms with Crippen molar-refractivity contribution in [3.63, 3.8) is 0 Å². The van der Waals surface area contributed by atoms with Crippen molar-refractivity contribution in [1.82, 2.24) is 5.32 Å². The van der Waals surface area contributed by atoms with Gasteiger partial charge in [0.25, 0.3) is 0 Å². The number of carbonyl (C=O) groups excluding carboxylic acids is 3. The van der Waals surface area contributed by atoms with Crippen molar-refractivity contribution >= 4 is 17.8 Å². The molecule has 6 heteroatoms. The van der Waals surface area contributed by atoms with Crippen molar-refractivity contribution in [2.24, 2.45) is 23.0 Å². The lowest BCUT2D eigenvalue weighted by molar-refractivity contribution is -0.158. The van der Waals surface area contributed by atoms with E-state index in [1.807, 2.05) is 13.8 Å². The molecule has 20 heavy (non-hydrogen) atoms. The molecule has 3 atom stereocenters. The molecule has 0 aromatic rings. The summed E-state index contributed by atoms with van der Waals surface area (Å²) in [5, 5.41) is 2.52. The normalized spacial score (nSPS) is 25.5. The highest BCUT2D eigenvalue weighted by Crippen LogP contribution is 2.59. The van der Waals surface area contributed by atoms with Gasteiger partial charge in [-0.3, -0.25) is 14.4 Å². The number of primary amides is 1. The van der Waals surface area contributed by atoms with E-state index in [2.05, 4.69) is 5.32 Å². The van der Waals surface area contributed by atoms with Crippen LogP contribution in [0.15, 0.2) is 0 Å². The maximum atomic E-state index is 12.1. The van der Waals surface area contributed by atoms with Gasteiger partial charge in [-0.2, -0.15) is 0 Å². The molecule has 0 aliphatic heterocycles. The fourth-order valence-electron chi connectivity index (χ4n) is 2.31. The molecule has 0 unspecified atom stereocenters. The maximum absolute atomic E-state index is 12.1. The summed E-state index contributed by atoms with van der Waals surface area (Å²) >= 11 is 0. The van der Waals surface area contributed by atoms with Crippen molar-refractivity contribution in [2.45, 2.75) is 53.2 Å². The molecular formula is C14H24N2O4. The maximum Gasteiger partial charge on any atom is 0.310 e. The number of ether oxygens (including phenoxy) is 1. The van der Waals surface area contributed by atoms with Gasteiger partial charge in [0.05, 0.1) is 11.8 Å². The predicted octanol–water partition coefficient (Wildman–Crippen LogP) is 0.590. The molecule has 114 valence electrons. The van der Waals surface area contributed by atoms with Gasteiger partial charge < -0.3 is 15.8 Å². The summed E-state index contributed by atoms with van der Waals surface area (Å²) in [4.78, 5) is 35.1. The second-order valence-corrected chi connectivity index (χ2v) is 6.94. The van der Waals surface area contributed by atoms with Crippen LogP contribution in [0.3, 0.4) is 0 Å². The number of nitrogens with two attached hydrogens (primary N) is 1. The minimum atomic E-state index is -0.752. The third-order valence-electron chi connectivity index (χ3n) is 3.56. The molecule has 1 saturated carbocycles. The SMILES string of the molecule is C[C@@H](NC(=O)[C@@H]1[C@H](C(=O)OC(C)(C)C)C1(C)C)C(N)=O. The molecule has 1 fully saturated rings. The standard InChI is InChI=1S/C14H24N2O4/c1-7(10(15)17)16-11(18)8-9(14(8,5)6)12(19)20-13(2,3)4/h7-9H,1-6H3,(H2,15,17)(H,16,18)/t7-,8+,9-/m1/s1. The zero-order valence-electron chi connectivity index (χ0n) is 12.9. The van der Waals surface area contributed by atoms with Crippen LogP contribution in [0.2, 0.25) is 0 Å². The summed E-state index contributed by atoms with van der Waals surface area (Å²) in [5.74, 6) is -2.29. The fourth-order valence-corrected chi connectivity index (χ4v) is 2.31. The average molecular weight is 284 g/mol. The summed E-state index contributed by atoms with van der Waals surface area (Å²) < 4.78 is 5.32. The quantitative estimate of drug-likeness (QED) is 0.738. The van der Waals surface area contributed by atoms with E-state index in [1.54, 1.807) is 20.8 Å². The minimum Gasteiger partial charge on any atom is -0.460 e. The third-order valence-corrected chi connectivity index (χ3v) is 3.56. The number of amides is 2. The molecule has 1 aliphatic carbocycles. The number of esters is 1. The Kier molecular flexibility index (Phi) is 4.17. The Bertz CT molecular complexity index is 437. The van der Waals surface area contributed by atoms with Gasteiger partial charge in [-0.25, -0.2) is 0 Å². The number of hydrogen-bond acceptors (Lipinski definition) is 4. The van der Waals surface area contributed by atoms with Crippen LogP contribution < -0.4 is 11.1 Å². The molecule has 0 spiro atoms. The van der Waals surface area contributed by atoms with E-state index in [0.29, 0.717) is 0 Å². The van der Waals surface area contributed by atoms with Gasteiger partial charge in [0, 0.05) is 0 Å². The molecule has 1 aliphatic rings. The zero-order valence-corrected chi connectivity index (χ0v) is 12.9. The van der Waals surface area contributed by atoms with E-state index >= 15 is 0 Å². The fraction of sp³-hybridized carbons (Fsp3) is 0.786. The van der Waals surface area contributed by atoms with E-state index in [0.717, 1.165) is 0 Å². The molecule has 6 nitrogen and oxygen atoms in total. The highest BCUT2D eigenvalue weighted by atomic mass is 16.6. The van der Waals surface area contributed by atoms with Crippen molar-refractivity contribution in [3.05, 3.63) is 0 Å². The van der Waals surface area contributed by atoms with Gasteiger partial charge >= 0.3 is 5.97 Å². The monoisotopic (exact) mass is 284 g/mol. The molecule has 0 heterocycles.